The summed E-state index contributed by atoms with van der Waals surface area (Å²) in [4.78, 5) is 16.4. The fourth-order valence-corrected chi connectivity index (χ4v) is 1.85. The van der Waals surface area contributed by atoms with Crippen LogP contribution < -0.4 is 10.3 Å². The second-order valence-corrected chi connectivity index (χ2v) is 4.25. The highest BCUT2D eigenvalue weighted by atomic mass is 32.1. The van der Waals surface area contributed by atoms with Gasteiger partial charge in [-0.1, -0.05) is 12.1 Å². The van der Waals surface area contributed by atoms with Crippen molar-refractivity contribution < 1.29 is 17.9 Å². The number of benzene rings is 1. The third-order valence-corrected chi connectivity index (χ3v) is 2.61. The monoisotopic (exact) mass is 313 g/mol. The SMILES string of the molecule is N#Cc1c(-c2cccc(OC(F)(F)F)c2)[nH]c(=S)[nH]c1=O. The van der Waals surface area contributed by atoms with Crippen LogP contribution in [0.5, 0.6) is 5.75 Å². The second-order valence-electron chi connectivity index (χ2n) is 3.85. The van der Waals surface area contributed by atoms with Gasteiger partial charge in [-0.3, -0.25) is 9.78 Å². The average Bonchev–Trinajstić information content (AvgIpc) is 2.36. The quantitative estimate of drug-likeness (QED) is 0.835. The summed E-state index contributed by atoms with van der Waals surface area (Å²) in [6, 6.07) is 6.55. The van der Waals surface area contributed by atoms with Crippen molar-refractivity contribution in [2.75, 3.05) is 0 Å². The Bertz CT molecular complexity index is 833. The van der Waals surface area contributed by atoms with E-state index in [0.29, 0.717) is 0 Å². The van der Waals surface area contributed by atoms with Crippen LogP contribution in [0.1, 0.15) is 5.56 Å². The van der Waals surface area contributed by atoms with E-state index in [-0.39, 0.29) is 21.6 Å². The van der Waals surface area contributed by atoms with Crippen LogP contribution in [-0.4, -0.2) is 16.3 Å². The standard InChI is InChI=1S/C12H6F3N3O2S/c13-12(14,15)20-7-3-1-2-6(4-7)9-8(5-16)10(19)18-11(21)17-9/h1-4H,(H2,17,18,19,21). The minimum absolute atomic E-state index is 0.0267. The predicted octanol–water partition coefficient (Wildman–Crippen LogP) is 2.87. The molecular formula is C12H6F3N3O2S. The Kier molecular flexibility index (Phi) is 3.82. The fourth-order valence-electron chi connectivity index (χ4n) is 1.66. The summed E-state index contributed by atoms with van der Waals surface area (Å²) in [7, 11) is 0. The molecular weight excluding hydrogens is 307 g/mol. The van der Waals surface area contributed by atoms with Crippen LogP contribution >= 0.6 is 12.2 Å². The molecule has 0 saturated carbocycles. The van der Waals surface area contributed by atoms with Gasteiger partial charge in [0.25, 0.3) is 5.56 Å². The van der Waals surface area contributed by atoms with Gasteiger partial charge in [-0.15, -0.1) is 13.2 Å². The number of nitrogens with one attached hydrogen (secondary N) is 2. The number of halogens is 3. The van der Waals surface area contributed by atoms with Gasteiger partial charge in [0, 0.05) is 5.56 Å². The van der Waals surface area contributed by atoms with Crippen molar-refractivity contribution >= 4 is 12.2 Å². The highest BCUT2D eigenvalue weighted by Crippen LogP contribution is 2.27. The second kappa shape index (κ2) is 5.41. The van der Waals surface area contributed by atoms with E-state index < -0.39 is 17.7 Å². The number of aromatic nitrogens is 2. The van der Waals surface area contributed by atoms with Gasteiger partial charge in [0.15, 0.2) is 4.77 Å². The smallest absolute Gasteiger partial charge is 0.406 e. The van der Waals surface area contributed by atoms with Gasteiger partial charge in [0.1, 0.15) is 17.4 Å². The van der Waals surface area contributed by atoms with E-state index in [1.165, 1.54) is 12.1 Å². The zero-order valence-corrected chi connectivity index (χ0v) is 10.9. The molecule has 0 fully saturated rings. The van der Waals surface area contributed by atoms with Crippen LogP contribution in [0.2, 0.25) is 0 Å². The summed E-state index contributed by atoms with van der Waals surface area (Å²) < 4.78 is 40.3. The Balaban J connectivity index is 2.59. The minimum Gasteiger partial charge on any atom is -0.406 e. The lowest BCUT2D eigenvalue weighted by molar-refractivity contribution is -0.274. The molecule has 2 rings (SSSR count). The number of alkyl halides is 3. The Morgan fingerprint density at radius 1 is 1.29 bits per heavy atom. The molecule has 108 valence electrons. The van der Waals surface area contributed by atoms with Crippen LogP contribution in [-0.2, 0) is 0 Å². The Hall–Kier alpha value is -2.60. The lowest BCUT2D eigenvalue weighted by atomic mass is 10.1. The molecule has 5 nitrogen and oxygen atoms in total. The molecule has 1 heterocycles. The van der Waals surface area contributed by atoms with Crippen LogP contribution in [0, 0.1) is 16.1 Å². The summed E-state index contributed by atoms with van der Waals surface area (Å²) in [5.41, 5.74) is -0.810. The third-order valence-electron chi connectivity index (χ3n) is 2.41. The first-order valence-corrected chi connectivity index (χ1v) is 5.84. The van der Waals surface area contributed by atoms with Gasteiger partial charge in [-0.2, -0.15) is 5.26 Å². The molecule has 2 N–H and O–H groups in total. The summed E-state index contributed by atoms with van der Waals surface area (Å²) in [5, 5.41) is 8.97. The van der Waals surface area contributed by atoms with Crippen LogP contribution in [0.25, 0.3) is 11.3 Å². The normalized spacial score (nSPS) is 11.0. The lowest BCUT2D eigenvalue weighted by Gasteiger charge is -2.10. The van der Waals surface area contributed by atoms with Gasteiger partial charge in [0.2, 0.25) is 0 Å². The van der Waals surface area contributed by atoms with Crippen molar-refractivity contribution in [2.45, 2.75) is 6.36 Å². The largest absolute Gasteiger partial charge is 0.573 e. The van der Waals surface area contributed by atoms with Crippen LogP contribution in [0.15, 0.2) is 29.1 Å². The van der Waals surface area contributed by atoms with Crippen LogP contribution in [0.3, 0.4) is 0 Å². The van der Waals surface area contributed by atoms with Crippen molar-refractivity contribution in [1.29, 1.82) is 5.26 Å². The molecule has 0 radical (unpaired) electrons. The van der Waals surface area contributed by atoms with Gasteiger partial charge in [-0.25, -0.2) is 0 Å². The number of hydrogen-bond acceptors (Lipinski definition) is 4. The highest BCUT2D eigenvalue weighted by Gasteiger charge is 2.31. The number of nitrogens with zero attached hydrogens (tertiary/aromatic N) is 1. The zero-order valence-electron chi connectivity index (χ0n) is 10.1. The van der Waals surface area contributed by atoms with Crippen molar-refractivity contribution in [2.24, 2.45) is 0 Å². The molecule has 9 heteroatoms. The van der Waals surface area contributed by atoms with E-state index in [4.69, 9.17) is 17.5 Å². The predicted molar refractivity (Wildman–Crippen MR) is 69.1 cm³/mol. The van der Waals surface area contributed by atoms with Crippen molar-refractivity contribution in [3.63, 3.8) is 0 Å². The number of hydrogen-bond donors (Lipinski definition) is 2. The number of rotatable bonds is 2. The molecule has 0 aliphatic rings. The van der Waals surface area contributed by atoms with E-state index >= 15 is 0 Å². The topological polar surface area (TPSA) is 81.7 Å². The molecule has 21 heavy (non-hydrogen) atoms. The van der Waals surface area contributed by atoms with Gasteiger partial charge in [0.05, 0.1) is 5.69 Å². The Morgan fingerprint density at radius 2 is 2.00 bits per heavy atom. The summed E-state index contributed by atoms with van der Waals surface area (Å²) in [6.45, 7) is 0. The minimum atomic E-state index is -4.84. The van der Waals surface area contributed by atoms with E-state index in [0.717, 1.165) is 12.1 Å². The molecule has 0 bridgehead atoms. The first-order chi connectivity index (χ1) is 9.80. The third kappa shape index (κ3) is 3.49. The molecule has 1 aromatic carbocycles. The molecule has 0 atom stereocenters. The van der Waals surface area contributed by atoms with Crippen molar-refractivity contribution in [3.8, 4) is 23.1 Å². The maximum absolute atomic E-state index is 12.2. The molecule has 1 aromatic heterocycles. The van der Waals surface area contributed by atoms with Gasteiger partial charge >= 0.3 is 6.36 Å². The number of nitriles is 1. The maximum atomic E-state index is 12.2. The van der Waals surface area contributed by atoms with E-state index in [2.05, 4.69) is 14.7 Å². The van der Waals surface area contributed by atoms with E-state index in [1.54, 1.807) is 6.07 Å². The highest BCUT2D eigenvalue weighted by molar-refractivity contribution is 7.71. The Labute approximate surface area is 120 Å². The molecule has 0 saturated heterocycles. The summed E-state index contributed by atoms with van der Waals surface area (Å²) in [6.07, 6.45) is -4.84. The molecule has 0 amide bonds. The van der Waals surface area contributed by atoms with Crippen LogP contribution in [0.4, 0.5) is 13.2 Å². The number of H-pyrrole nitrogens is 2. The van der Waals surface area contributed by atoms with Crippen molar-refractivity contribution in [1.82, 2.24) is 9.97 Å². The molecule has 0 unspecified atom stereocenters. The van der Waals surface area contributed by atoms with E-state index in [1.807, 2.05) is 0 Å². The van der Waals surface area contributed by atoms with Crippen molar-refractivity contribution in [3.05, 3.63) is 45.0 Å². The first-order valence-electron chi connectivity index (χ1n) is 5.43. The first kappa shape index (κ1) is 14.8. The number of aromatic amines is 2. The molecule has 0 aliphatic carbocycles. The average molecular weight is 313 g/mol. The van der Waals surface area contributed by atoms with E-state index in [9.17, 15) is 18.0 Å². The molecule has 0 spiro atoms. The van der Waals surface area contributed by atoms with Gasteiger partial charge in [-0.05, 0) is 24.4 Å². The summed E-state index contributed by atoms with van der Waals surface area (Å²) in [5.74, 6) is -0.469. The lowest BCUT2D eigenvalue weighted by Crippen LogP contribution is -2.17. The van der Waals surface area contributed by atoms with Gasteiger partial charge < -0.3 is 9.72 Å². The Morgan fingerprint density at radius 3 is 2.62 bits per heavy atom. The maximum Gasteiger partial charge on any atom is 0.573 e. The molecule has 0 aliphatic heterocycles. The fraction of sp³-hybridized carbons (Fsp3) is 0.0833. The zero-order chi connectivity index (χ0) is 15.6. The summed E-state index contributed by atoms with van der Waals surface area (Å²) >= 11 is 4.78. The molecule has 2 aromatic rings. The number of ether oxygens (including phenoxy) is 1.